The summed E-state index contributed by atoms with van der Waals surface area (Å²) in [6.07, 6.45) is 2.67. The first kappa shape index (κ1) is 29.4. The zero-order valence-corrected chi connectivity index (χ0v) is 22.9. The minimum Gasteiger partial charge on any atom is -0.444 e. The average molecular weight is 576 g/mol. The Morgan fingerprint density at radius 1 is 1.12 bits per heavy atom. The van der Waals surface area contributed by atoms with Crippen LogP contribution in [0.1, 0.15) is 46.1 Å². The average Bonchev–Trinajstić information content (AvgIpc) is 2.74. The first-order chi connectivity index (χ1) is 15.4. The molecule has 1 saturated heterocycles. The van der Waals surface area contributed by atoms with Crippen LogP contribution in [0, 0.1) is 0 Å². The lowest BCUT2D eigenvalue weighted by atomic mass is 10.1. The fourth-order valence-electron chi connectivity index (χ4n) is 3.31. The largest absolute Gasteiger partial charge is 0.444 e. The number of nitrogens with one attached hydrogen (secondary N) is 3. The number of benzene rings is 1. The molecule has 0 radical (unpaired) electrons. The number of nitrogens with zero attached hydrogens (tertiary/aromatic N) is 2. The Morgan fingerprint density at radius 3 is 2.45 bits per heavy atom. The number of hydrogen-bond donors (Lipinski definition) is 3. The molecular weight excluding hydrogens is 533 g/mol. The predicted molar refractivity (Wildman–Crippen MR) is 146 cm³/mol. The number of guanidine groups is 1. The van der Waals surface area contributed by atoms with Gasteiger partial charge in [-0.15, -0.1) is 24.0 Å². The second-order valence-corrected chi connectivity index (χ2v) is 8.92. The van der Waals surface area contributed by atoms with E-state index in [1.807, 2.05) is 45.0 Å². The predicted octanol–water partition coefficient (Wildman–Crippen LogP) is 3.86. The Bertz CT molecular complexity index is 701. The van der Waals surface area contributed by atoms with Gasteiger partial charge in [0.05, 0.1) is 13.2 Å². The summed E-state index contributed by atoms with van der Waals surface area (Å²) in [7, 11) is 0. The second kappa shape index (κ2) is 16.1. The van der Waals surface area contributed by atoms with Crippen molar-refractivity contribution in [2.75, 3.05) is 57.8 Å². The first-order valence-corrected chi connectivity index (χ1v) is 11.8. The summed E-state index contributed by atoms with van der Waals surface area (Å²) in [6, 6.07) is 7.83. The van der Waals surface area contributed by atoms with E-state index in [4.69, 9.17) is 14.5 Å². The van der Waals surface area contributed by atoms with Gasteiger partial charge in [0.1, 0.15) is 5.60 Å². The van der Waals surface area contributed by atoms with Crippen LogP contribution in [-0.4, -0.2) is 75.0 Å². The van der Waals surface area contributed by atoms with Crippen molar-refractivity contribution in [1.29, 1.82) is 0 Å². The van der Waals surface area contributed by atoms with Gasteiger partial charge in [0.15, 0.2) is 5.96 Å². The highest BCUT2D eigenvalue weighted by atomic mass is 127. The van der Waals surface area contributed by atoms with Crippen LogP contribution < -0.4 is 16.0 Å². The van der Waals surface area contributed by atoms with Crippen molar-refractivity contribution in [1.82, 2.24) is 15.5 Å². The third-order valence-corrected chi connectivity index (χ3v) is 4.91. The standard InChI is InChI=1S/C24H41N5O3.HI/c1-5-25-22(26-13-6-7-15-29-16-18-31-19-17-29)27-14-12-20-8-10-21(11-9-20)28-23(30)32-24(2,3)4;/h8-11H,5-7,12-19H2,1-4H3,(H,28,30)(H2,25,26,27);1H. The van der Waals surface area contributed by atoms with Crippen LogP contribution in [0.3, 0.4) is 0 Å². The number of ether oxygens (including phenoxy) is 2. The van der Waals surface area contributed by atoms with E-state index in [1.54, 1.807) is 0 Å². The molecule has 0 saturated carbocycles. The second-order valence-electron chi connectivity index (χ2n) is 8.92. The molecule has 1 aliphatic rings. The van der Waals surface area contributed by atoms with E-state index in [2.05, 4.69) is 27.8 Å². The maximum atomic E-state index is 11.9. The van der Waals surface area contributed by atoms with Crippen molar-refractivity contribution in [3.8, 4) is 0 Å². The maximum absolute atomic E-state index is 11.9. The van der Waals surface area contributed by atoms with E-state index in [9.17, 15) is 4.79 Å². The van der Waals surface area contributed by atoms with E-state index in [1.165, 1.54) is 5.56 Å². The van der Waals surface area contributed by atoms with E-state index < -0.39 is 11.7 Å². The molecule has 0 atom stereocenters. The molecule has 1 aromatic rings. The number of unbranched alkanes of at least 4 members (excludes halogenated alkanes) is 1. The zero-order chi connectivity index (χ0) is 23.2. The number of hydrogen-bond acceptors (Lipinski definition) is 5. The molecule has 1 aromatic carbocycles. The summed E-state index contributed by atoms with van der Waals surface area (Å²) >= 11 is 0. The van der Waals surface area contributed by atoms with Gasteiger partial charge in [-0.25, -0.2) is 4.79 Å². The van der Waals surface area contributed by atoms with Crippen molar-refractivity contribution in [2.24, 2.45) is 4.99 Å². The number of halogens is 1. The smallest absolute Gasteiger partial charge is 0.412 e. The lowest BCUT2D eigenvalue weighted by Gasteiger charge is -2.26. The van der Waals surface area contributed by atoms with Crippen LogP contribution in [0.2, 0.25) is 0 Å². The number of carbonyl (C=O) groups is 1. The molecule has 188 valence electrons. The number of morpholine rings is 1. The zero-order valence-electron chi connectivity index (χ0n) is 20.6. The van der Waals surface area contributed by atoms with Gasteiger partial charge in [0.25, 0.3) is 0 Å². The Hall–Kier alpha value is -1.59. The van der Waals surface area contributed by atoms with Crippen LogP contribution in [-0.2, 0) is 15.9 Å². The number of anilines is 1. The van der Waals surface area contributed by atoms with E-state index in [0.29, 0.717) is 0 Å². The van der Waals surface area contributed by atoms with Crippen LogP contribution in [0.4, 0.5) is 10.5 Å². The quantitative estimate of drug-likeness (QED) is 0.170. The number of amides is 1. The lowest BCUT2D eigenvalue weighted by molar-refractivity contribution is 0.0373. The molecule has 33 heavy (non-hydrogen) atoms. The van der Waals surface area contributed by atoms with Crippen LogP contribution in [0.5, 0.6) is 0 Å². The summed E-state index contributed by atoms with van der Waals surface area (Å²) in [5.74, 6) is 0.863. The molecule has 1 fully saturated rings. The van der Waals surface area contributed by atoms with Gasteiger partial charge < -0.3 is 20.1 Å². The summed E-state index contributed by atoms with van der Waals surface area (Å²) in [5, 5.41) is 9.47. The maximum Gasteiger partial charge on any atom is 0.412 e. The summed E-state index contributed by atoms with van der Waals surface area (Å²) in [5.41, 5.74) is 1.40. The normalized spacial score (nSPS) is 14.8. The number of aliphatic imine (C=N–C) groups is 1. The van der Waals surface area contributed by atoms with Gasteiger partial charge in [-0.1, -0.05) is 12.1 Å². The lowest BCUT2D eigenvalue weighted by Crippen LogP contribution is -2.38. The molecule has 1 amide bonds. The topological polar surface area (TPSA) is 87.2 Å². The molecule has 3 N–H and O–H groups in total. The van der Waals surface area contributed by atoms with Gasteiger partial charge in [0.2, 0.25) is 0 Å². The summed E-state index contributed by atoms with van der Waals surface area (Å²) < 4.78 is 10.7. The van der Waals surface area contributed by atoms with Crippen molar-refractivity contribution in [3.05, 3.63) is 29.8 Å². The van der Waals surface area contributed by atoms with E-state index in [-0.39, 0.29) is 24.0 Å². The van der Waals surface area contributed by atoms with Crippen molar-refractivity contribution in [2.45, 2.75) is 52.6 Å². The van der Waals surface area contributed by atoms with Crippen molar-refractivity contribution >= 4 is 41.7 Å². The van der Waals surface area contributed by atoms with Crippen LogP contribution >= 0.6 is 24.0 Å². The van der Waals surface area contributed by atoms with Crippen molar-refractivity contribution < 1.29 is 14.3 Å². The Kier molecular flexibility index (Phi) is 14.4. The summed E-state index contributed by atoms with van der Waals surface area (Å²) in [6.45, 7) is 15.0. The Morgan fingerprint density at radius 2 is 1.82 bits per heavy atom. The van der Waals surface area contributed by atoms with Gasteiger partial charge in [-0.05, 0) is 71.2 Å². The van der Waals surface area contributed by atoms with E-state index in [0.717, 1.165) is 83.4 Å². The van der Waals surface area contributed by atoms with E-state index >= 15 is 0 Å². The summed E-state index contributed by atoms with van der Waals surface area (Å²) in [4.78, 5) is 19.0. The third kappa shape index (κ3) is 13.6. The first-order valence-electron chi connectivity index (χ1n) is 11.8. The number of rotatable bonds is 10. The van der Waals surface area contributed by atoms with Crippen molar-refractivity contribution in [3.63, 3.8) is 0 Å². The molecule has 0 spiro atoms. The minimum absolute atomic E-state index is 0. The van der Waals surface area contributed by atoms with Gasteiger partial charge >= 0.3 is 6.09 Å². The molecule has 8 nitrogen and oxygen atoms in total. The highest BCUT2D eigenvalue weighted by Crippen LogP contribution is 2.13. The molecule has 1 aliphatic heterocycles. The van der Waals surface area contributed by atoms with Crippen LogP contribution in [0.25, 0.3) is 0 Å². The van der Waals surface area contributed by atoms with Gasteiger partial charge in [-0.2, -0.15) is 0 Å². The van der Waals surface area contributed by atoms with Gasteiger partial charge in [-0.3, -0.25) is 15.2 Å². The Balaban J connectivity index is 0.00000544. The van der Waals surface area contributed by atoms with Crippen LogP contribution in [0.15, 0.2) is 29.3 Å². The molecule has 0 unspecified atom stereocenters. The highest BCUT2D eigenvalue weighted by molar-refractivity contribution is 14.0. The molecule has 0 aromatic heterocycles. The molecule has 0 aliphatic carbocycles. The fraction of sp³-hybridized carbons (Fsp3) is 0.667. The molecule has 1 heterocycles. The molecule has 2 rings (SSSR count). The fourth-order valence-corrected chi connectivity index (χ4v) is 3.31. The minimum atomic E-state index is -0.510. The van der Waals surface area contributed by atoms with Gasteiger partial charge in [0, 0.05) is 38.4 Å². The molecule has 9 heteroatoms. The third-order valence-electron chi connectivity index (χ3n) is 4.91. The SMILES string of the molecule is CCNC(=NCCCCN1CCOCC1)NCCc1ccc(NC(=O)OC(C)(C)C)cc1.I. The monoisotopic (exact) mass is 575 g/mol. The molecule has 0 bridgehead atoms. The molecular formula is C24H42IN5O3. The Labute approximate surface area is 216 Å². The number of carbonyl (C=O) groups excluding carboxylic acids is 1. The highest BCUT2D eigenvalue weighted by Gasteiger charge is 2.16.